The van der Waals surface area contributed by atoms with Gasteiger partial charge in [0.25, 0.3) is 5.69 Å². The maximum Gasteiger partial charge on any atom is 0.275 e. The van der Waals surface area contributed by atoms with Crippen molar-refractivity contribution in [1.82, 2.24) is 0 Å². The van der Waals surface area contributed by atoms with Crippen molar-refractivity contribution in [2.45, 2.75) is 12.3 Å². The summed E-state index contributed by atoms with van der Waals surface area (Å²) < 4.78 is 0. The van der Waals surface area contributed by atoms with Gasteiger partial charge in [-0.15, -0.1) is 11.8 Å². The average Bonchev–Trinajstić information content (AvgIpc) is 2.89. The number of carbonyl (C=O) groups excluding carboxylic acids is 1. The summed E-state index contributed by atoms with van der Waals surface area (Å²) in [5.74, 6) is 0.295. The number of anilines is 1. The van der Waals surface area contributed by atoms with Gasteiger partial charge in [-0.2, -0.15) is 0 Å². The molecule has 1 amide bonds. The van der Waals surface area contributed by atoms with Crippen LogP contribution >= 0.6 is 11.8 Å². The number of rotatable bonds is 3. The predicted octanol–water partition coefficient (Wildman–Crippen LogP) is 3.68. The molecule has 1 fully saturated rings. The Morgan fingerprint density at radius 3 is 2.73 bits per heavy atom. The van der Waals surface area contributed by atoms with Gasteiger partial charge in [0.1, 0.15) is 5.37 Å². The number of nitro groups is 1. The molecule has 0 radical (unpaired) electrons. The third kappa shape index (κ3) is 2.57. The van der Waals surface area contributed by atoms with Crippen molar-refractivity contribution in [3.05, 3.63) is 69.8 Å². The third-order valence-corrected chi connectivity index (χ3v) is 4.74. The summed E-state index contributed by atoms with van der Waals surface area (Å²) in [4.78, 5) is 24.8. The number of thioether (sulfide) groups is 1. The second-order valence-corrected chi connectivity index (χ2v) is 6.15. The van der Waals surface area contributed by atoms with Gasteiger partial charge < -0.3 is 0 Å². The smallest absolute Gasteiger partial charge is 0.275 e. The summed E-state index contributed by atoms with van der Waals surface area (Å²) >= 11 is 1.42. The molecule has 5 nitrogen and oxygen atoms in total. The standard InChI is InChI=1S/C16H14N2O3S/c1-11-5-4-6-12(9-11)17-15(19)10-22-16(17)13-7-2-3-8-14(13)18(20)21/h2-9,16H,10H2,1H3/t16-/m0/s1. The van der Waals surface area contributed by atoms with E-state index in [1.807, 2.05) is 31.2 Å². The molecule has 1 saturated heterocycles. The number of para-hydroxylation sites is 1. The van der Waals surface area contributed by atoms with Gasteiger partial charge in [-0.25, -0.2) is 0 Å². The van der Waals surface area contributed by atoms with Crippen LogP contribution < -0.4 is 4.90 Å². The monoisotopic (exact) mass is 314 g/mol. The van der Waals surface area contributed by atoms with Gasteiger partial charge in [0, 0.05) is 11.8 Å². The van der Waals surface area contributed by atoms with E-state index < -0.39 is 4.92 Å². The maximum atomic E-state index is 12.3. The second-order valence-electron chi connectivity index (χ2n) is 5.08. The van der Waals surface area contributed by atoms with Crippen molar-refractivity contribution in [3.63, 3.8) is 0 Å². The van der Waals surface area contributed by atoms with E-state index in [1.54, 1.807) is 23.1 Å². The molecule has 1 atom stereocenters. The van der Waals surface area contributed by atoms with E-state index in [2.05, 4.69) is 0 Å². The van der Waals surface area contributed by atoms with Crippen LogP contribution in [0.1, 0.15) is 16.5 Å². The molecule has 6 heteroatoms. The molecular formula is C16H14N2O3S. The molecule has 0 aliphatic carbocycles. The lowest BCUT2D eigenvalue weighted by atomic mass is 10.1. The molecule has 0 bridgehead atoms. The molecule has 3 rings (SSSR count). The highest BCUT2D eigenvalue weighted by atomic mass is 32.2. The minimum Gasteiger partial charge on any atom is -0.295 e. The lowest BCUT2D eigenvalue weighted by molar-refractivity contribution is -0.385. The van der Waals surface area contributed by atoms with E-state index in [0.29, 0.717) is 11.3 Å². The molecule has 0 N–H and O–H groups in total. The number of aryl methyl sites for hydroxylation is 1. The summed E-state index contributed by atoms with van der Waals surface area (Å²) in [5, 5.41) is 10.9. The number of hydrogen-bond acceptors (Lipinski definition) is 4. The molecule has 0 unspecified atom stereocenters. The summed E-state index contributed by atoms with van der Waals surface area (Å²) in [6.45, 7) is 1.96. The molecule has 112 valence electrons. The molecule has 2 aromatic rings. The zero-order valence-electron chi connectivity index (χ0n) is 11.9. The Morgan fingerprint density at radius 2 is 2.00 bits per heavy atom. The zero-order valence-corrected chi connectivity index (χ0v) is 12.7. The Labute approximate surface area is 132 Å². The first kappa shape index (κ1) is 14.6. The van der Waals surface area contributed by atoms with Gasteiger partial charge in [-0.05, 0) is 30.7 Å². The fraction of sp³-hybridized carbons (Fsp3) is 0.188. The summed E-state index contributed by atoms with van der Waals surface area (Å²) in [5.41, 5.74) is 2.43. The summed E-state index contributed by atoms with van der Waals surface area (Å²) in [6, 6.07) is 14.2. The van der Waals surface area contributed by atoms with Crippen LogP contribution in [0, 0.1) is 17.0 Å². The van der Waals surface area contributed by atoms with E-state index in [-0.39, 0.29) is 17.0 Å². The molecule has 0 aromatic heterocycles. The van der Waals surface area contributed by atoms with Gasteiger partial charge >= 0.3 is 0 Å². The van der Waals surface area contributed by atoms with Gasteiger partial charge in [-0.3, -0.25) is 19.8 Å². The van der Waals surface area contributed by atoms with Crippen LogP contribution in [-0.4, -0.2) is 16.6 Å². The van der Waals surface area contributed by atoms with Gasteiger partial charge in [0.2, 0.25) is 5.91 Å². The largest absolute Gasteiger partial charge is 0.295 e. The average molecular weight is 314 g/mol. The van der Waals surface area contributed by atoms with Crippen molar-refractivity contribution < 1.29 is 9.72 Å². The number of benzene rings is 2. The number of nitrogens with zero attached hydrogens (tertiary/aromatic N) is 2. The molecule has 1 aliphatic heterocycles. The number of carbonyl (C=O) groups is 1. The molecule has 22 heavy (non-hydrogen) atoms. The first-order valence-electron chi connectivity index (χ1n) is 6.81. The Morgan fingerprint density at radius 1 is 1.23 bits per heavy atom. The van der Waals surface area contributed by atoms with Crippen molar-refractivity contribution in [2.75, 3.05) is 10.7 Å². The van der Waals surface area contributed by atoms with Crippen molar-refractivity contribution >= 4 is 29.0 Å². The lowest BCUT2D eigenvalue weighted by Gasteiger charge is -2.24. The minimum atomic E-state index is -0.396. The SMILES string of the molecule is Cc1cccc(N2C(=O)CS[C@H]2c2ccccc2[N+](=O)[O-])c1. The first-order chi connectivity index (χ1) is 10.6. The first-order valence-corrected chi connectivity index (χ1v) is 7.86. The second kappa shape index (κ2) is 5.81. The van der Waals surface area contributed by atoms with Crippen LogP contribution in [0.2, 0.25) is 0 Å². The highest BCUT2D eigenvalue weighted by Crippen LogP contribution is 2.44. The van der Waals surface area contributed by atoms with Crippen molar-refractivity contribution in [3.8, 4) is 0 Å². The number of nitro benzene ring substituents is 1. The van der Waals surface area contributed by atoms with Crippen LogP contribution in [0.25, 0.3) is 0 Å². The lowest BCUT2D eigenvalue weighted by Crippen LogP contribution is -2.28. The van der Waals surface area contributed by atoms with Crippen LogP contribution in [-0.2, 0) is 4.79 Å². The number of amides is 1. The van der Waals surface area contributed by atoms with Gasteiger partial charge in [-0.1, -0.05) is 24.3 Å². The topological polar surface area (TPSA) is 63.5 Å². The van der Waals surface area contributed by atoms with E-state index >= 15 is 0 Å². The minimum absolute atomic E-state index is 0.0289. The van der Waals surface area contributed by atoms with Crippen LogP contribution in [0.15, 0.2) is 48.5 Å². The summed E-state index contributed by atoms with van der Waals surface area (Å²) in [7, 11) is 0. The molecule has 1 heterocycles. The fourth-order valence-electron chi connectivity index (χ4n) is 2.57. The van der Waals surface area contributed by atoms with E-state index in [4.69, 9.17) is 0 Å². The maximum absolute atomic E-state index is 12.3. The van der Waals surface area contributed by atoms with Crippen LogP contribution in [0.5, 0.6) is 0 Å². The molecule has 2 aromatic carbocycles. The van der Waals surface area contributed by atoms with Crippen LogP contribution in [0.4, 0.5) is 11.4 Å². The fourth-order valence-corrected chi connectivity index (χ4v) is 3.78. The quantitative estimate of drug-likeness (QED) is 0.640. The highest BCUT2D eigenvalue weighted by molar-refractivity contribution is 8.00. The Bertz CT molecular complexity index is 748. The van der Waals surface area contributed by atoms with Crippen molar-refractivity contribution in [2.24, 2.45) is 0 Å². The van der Waals surface area contributed by atoms with Gasteiger partial charge in [0.15, 0.2) is 0 Å². The van der Waals surface area contributed by atoms with E-state index in [1.165, 1.54) is 17.8 Å². The summed E-state index contributed by atoms with van der Waals surface area (Å²) in [6.07, 6.45) is 0. The Kier molecular flexibility index (Phi) is 3.85. The molecular weight excluding hydrogens is 300 g/mol. The highest BCUT2D eigenvalue weighted by Gasteiger charge is 2.37. The molecule has 0 spiro atoms. The molecule has 1 aliphatic rings. The third-order valence-electron chi connectivity index (χ3n) is 3.55. The number of hydrogen-bond donors (Lipinski definition) is 0. The van der Waals surface area contributed by atoms with Crippen LogP contribution in [0.3, 0.4) is 0 Å². The predicted molar refractivity (Wildman–Crippen MR) is 87.0 cm³/mol. The van der Waals surface area contributed by atoms with E-state index in [9.17, 15) is 14.9 Å². The van der Waals surface area contributed by atoms with Crippen molar-refractivity contribution in [1.29, 1.82) is 0 Å². The molecule has 0 saturated carbocycles. The Balaban J connectivity index is 2.07. The zero-order chi connectivity index (χ0) is 15.7. The Hall–Kier alpha value is -2.34. The van der Waals surface area contributed by atoms with Gasteiger partial charge in [0.05, 0.1) is 16.2 Å². The van der Waals surface area contributed by atoms with E-state index in [0.717, 1.165) is 11.3 Å². The normalized spacial score (nSPS) is 17.8.